The molecule has 0 amide bonds. The zero-order valence-corrected chi connectivity index (χ0v) is 10.9. The lowest BCUT2D eigenvalue weighted by atomic mass is 10.1. The van der Waals surface area contributed by atoms with Crippen LogP contribution in [-0.2, 0) is 4.74 Å². The molecule has 1 saturated heterocycles. The SMILES string of the molecule is Nc1cc(C(=O)CCN2CCOCC2)ccc1Cl. The Labute approximate surface area is 112 Å². The number of ketones is 1. The maximum absolute atomic E-state index is 12.0. The van der Waals surface area contributed by atoms with Crippen molar-refractivity contribution < 1.29 is 9.53 Å². The molecule has 0 aliphatic carbocycles. The number of carbonyl (C=O) groups is 1. The molecule has 0 bridgehead atoms. The summed E-state index contributed by atoms with van der Waals surface area (Å²) in [5, 5.41) is 0.486. The summed E-state index contributed by atoms with van der Waals surface area (Å²) < 4.78 is 5.26. The molecule has 0 radical (unpaired) electrons. The van der Waals surface area contributed by atoms with E-state index in [9.17, 15) is 4.79 Å². The zero-order valence-electron chi connectivity index (χ0n) is 10.2. The highest BCUT2D eigenvalue weighted by atomic mass is 35.5. The first-order valence-corrected chi connectivity index (χ1v) is 6.43. The first kappa shape index (κ1) is 13.3. The molecule has 0 saturated carbocycles. The van der Waals surface area contributed by atoms with Gasteiger partial charge in [0.2, 0.25) is 0 Å². The number of Topliss-reactive ketones (excluding diaryl/α,β-unsaturated/α-hetero) is 1. The number of nitrogen functional groups attached to an aromatic ring is 1. The summed E-state index contributed by atoms with van der Waals surface area (Å²) in [5.41, 5.74) is 6.77. The van der Waals surface area contributed by atoms with Gasteiger partial charge >= 0.3 is 0 Å². The molecular weight excluding hydrogens is 252 g/mol. The molecule has 18 heavy (non-hydrogen) atoms. The van der Waals surface area contributed by atoms with Crippen LogP contribution in [0.25, 0.3) is 0 Å². The third-order valence-electron chi connectivity index (χ3n) is 3.08. The van der Waals surface area contributed by atoms with E-state index in [0.717, 1.165) is 32.8 Å². The van der Waals surface area contributed by atoms with Crippen molar-refractivity contribution in [2.75, 3.05) is 38.6 Å². The quantitative estimate of drug-likeness (QED) is 0.669. The van der Waals surface area contributed by atoms with Gasteiger partial charge in [-0.25, -0.2) is 0 Å². The maximum Gasteiger partial charge on any atom is 0.164 e. The second-order valence-electron chi connectivity index (χ2n) is 4.36. The van der Waals surface area contributed by atoms with Gasteiger partial charge in [0.1, 0.15) is 0 Å². The highest BCUT2D eigenvalue weighted by molar-refractivity contribution is 6.33. The summed E-state index contributed by atoms with van der Waals surface area (Å²) in [7, 11) is 0. The maximum atomic E-state index is 12.0. The smallest absolute Gasteiger partial charge is 0.164 e. The van der Waals surface area contributed by atoms with Gasteiger partial charge in [0.05, 0.1) is 23.9 Å². The van der Waals surface area contributed by atoms with Crippen LogP contribution in [0.1, 0.15) is 16.8 Å². The van der Waals surface area contributed by atoms with Gasteiger partial charge in [-0.05, 0) is 18.2 Å². The number of morpholine rings is 1. The monoisotopic (exact) mass is 268 g/mol. The van der Waals surface area contributed by atoms with Crippen LogP contribution in [-0.4, -0.2) is 43.5 Å². The Kier molecular flexibility index (Phi) is 4.58. The molecule has 2 rings (SSSR count). The number of nitrogens with zero attached hydrogens (tertiary/aromatic N) is 1. The van der Waals surface area contributed by atoms with E-state index in [1.165, 1.54) is 0 Å². The number of carbonyl (C=O) groups excluding carboxylic acids is 1. The van der Waals surface area contributed by atoms with Crippen LogP contribution < -0.4 is 5.73 Å². The third-order valence-corrected chi connectivity index (χ3v) is 3.42. The lowest BCUT2D eigenvalue weighted by Gasteiger charge is -2.26. The zero-order chi connectivity index (χ0) is 13.0. The van der Waals surface area contributed by atoms with Crippen LogP contribution in [0.3, 0.4) is 0 Å². The standard InChI is InChI=1S/C13H17ClN2O2/c14-11-2-1-10(9-12(11)15)13(17)3-4-16-5-7-18-8-6-16/h1-2,9H,3-8,15H2. The van der Waals surface area contributed by atoms with Gasteiger partial charge in [0.25, 0.3) is 0 Å². The highest BCUT2D eigenvalue weighted by Gasteiger charge is 2.13. The first-order chi connectivity index (χ1) is 8.66. The molecular formula is C13H17ClN2O2. The largest absolute Gasteiger partial charge is 0.398 e. The summed E-state index contributed by atoms with van der Waals surface area (Å²) in [6.07, 6.45) is 0.501. The van der Waals surface area contributed by atoms with Crippen molar-refractivity contribution in [3.8, 4) is 0 Å². The average molecular weight is 269 g/mol. The van der Waals surface area contributed by atoms with Gasteiger partial charge in [-0.2, -0.15) is 0 Å². The molecule has 1 aromatic carbocycles. The lowest BCUT2D eigenvalue weighted by Crippen LogP contribution is -2.37. The van der Waals surface area contributed by atoms with Crippen molar-refractivity contribution in [2.24, 2.45) is 0 Å². The third kappa shape index (κ3) is 3.45. The normalized spacial score (nSPS) is 16.7. The molecule has 5 heteroatoms. The molecule has 4 nitrogen and oxygen atoms in total. The van der Waals surface area contributed by atoms with Crippen molar-refractivity contribution in [3.63, 3.8) is 0 Å². The van der Waals surface area contributed by atoms with Gasteiger partial charge < -0.3 is 10.5 Å². The second-order valence-corrected chi connectivity index (χ2v) is 4.77. The van der Waals surface area contributed by atoms with Crippen molar-refractivity contribution >= 4 is 23.1 Å². The number of hydrogen-bond donors (Lipinski definition) is 1. The fourth-order valence-corrected chi connectivity index (χ4v) is 2.06. The molecule has 1 aliphatic heterocycles. The Balaban J connectivity index is 1.88. The van der Waals surface area contributed by atoms with Crippen LogP contribution in [0.2, 0.25) is 5.02 Å². The van der Waals surface area contributed by atoms with E-state index in [-0.39, 0.29) is 5.78 Å². The van der Waals surface area contributed by atoms with E-state index >= 15 is 0 Å². The van der Waals surface area contributed by atoms with E-state index in [1.807, 2.05) is 0 Å². The van der Waals surface area contributed by atoms with E-state index in [1.54, 1.807) is 18.2 Å². The second kappa shape index (κ2) is 6.18. The molecule has 98 valence electrons. The summed E-state index contributed by atoms with van der Waals surface area (Å²) >= 11 is 5.83. The molecule has 0 unspecified atom stereocenters. The summed E-state index contributed by atoms with van der Waals surface area (Å²) in [6.45, 7) is 4.07. The predicted octanol–water partition coefficient (Wildman–Crippen LogP) is 1.83. The summed E-state index contributed by atoms with van der Waals surface area (Å²) in [6, 6.07) is 5.03. The van der Waals surface area contributed by atoms with Crippen molar-refractivity contribution in [2.45, 2.75) is 6.42 Å². The minimum atomic E-state index is 0.102. The number of benzene rings is 1. The topological polar surface area (TPSA) is 55.6 Å². The van der Waals surface area contributed by atoms with Crippen LogP contribution in [0.5, 0.6) is 0 Å². The number of rotatable bonds is 4. The number of anilines is 1. The Morgan fingerprint density at radius 1 is 1.39 bits per heavy atom. The molecule has 1 fully saturated rings. The number of ether oxygens (including phenoxy) is 1. The Bertz CT molecular complexity index is 431. The van der Waals surface area contributed by atoms with Crippen molar-refractivity contribution in [1.82, 2.24) is 4.90 Å². The van der Waals surface area contributed by atoms with Gasteiger partial charge in [-0.3, -0.25) is 9.69 Å². The Morgan fingerprint density at radius 3 is 2.78 bits per heavy atom. The molecule has 0 aromatic heterocycles. The Morgan fingerprint density at radius 2 is 2.11 bits per heavy atom. The summed E-state index contributed by atoms with van der Waals surface area (Å²) in [4.78, 5) is 14.2. The predicted molar refractivity (Wildman–Crippen MR) is 72.1 cm³/mol. The Hall–Kier alpha value is -1.10. The van der Waals surface area contributed by atoms with Crippen LogP contribution in [0.4, 0.5) is 5.69 Å². The van der Waals surface area contributed by atoms with Gasteiger partial charge in [-0.1, -0.05) is 11.6 Å². The molecule has 1 heterocycles. The minimum absolute atomic E-state index is 0.102. The van der Waals surface area contributed by atoms with Gasteiger partial charge in [0.15, 0.2) is 5.78 Å². The number of hydrogen-bond acceptors (Lipinski definition) is 4. The average Bonchev–Trinajstić information content (AvgIpc) is 2.40. The van der Waals surface area contributed by atoms with E-state index in [4.69, 9.17) is 22.1 Å². The van der Waals surface area contributed by atoms with E-state index in [0.29, 0.717) is 22.7 Å². The van der Waals surface area contributed by atoms with Gasteiger partial charge in [-0.15, -0.1) is 0 Å². The number of nitrogens with two attached hydrogens (primary N) is 1. The fraction of sp³-hybridized carbons (Fsp3) is 0.462. The molecule has 0 spiro atoms. The number of halogens is 1. The van der Waals surface area contributed by atoms with E-state index < -0.39 is 0 Å². The minimum Gasteiger partial charge on any atom is -0.398 e. The van der Waals surface area contributed by atoms with Crippen LogP contribution in [0, 0.1) is 0 Å². The highest BCUT2D eigenvalue weighted by Crippen LogP contribution is 2.20. The van der Waals surface area contributed by atoms with Gasteiger partial charge in [0, 0.05) is 31.6 Å². The van der Waals surface area contributed by atoms with Crippen LogP contribution in [0.15, 0.2) is 18.2 Å². The summed E-state index contributed by atoms with van der Waals surface area (Å²) in [5.74, 6) is 0.102. The molecule has 0 atom stereocenters. The molecule has 2 N–H and O–H groups in total. The fourth-order valence-electron chi connectivity index (χ4n) is 1.95. The molecule has 1 aromatic rings. The first-order valence-electron chi connectivity index (χ1n) is 6.05. The molecule has 1 aliphatic rings. The van der Waals surface area contributed by atoms with Crippen molar-refractivity contribution in [3.05, 3.63) is 28.8 Å². The van der Waals surface area contributed by atoms with Crippen molar-refractivity contribution in [1.29, 1.82) is 0 Å². The van der Waals surface area contributed by atoms with E-state index in [2.05, 4.69) is 4.90 Å². The lowest BCUT2D eigenvalue weighted by molar-refractivity contribution is 0.0370. The van der Waals surface area contributed by atoms with Crippen LogP contribution >= 0.6 is 11.6 Å².